The van der Waals surface area contributed by atoms with Gasteiger partial charge in [0.2, 0.25) is 0 Å². The summed E-state index contributed by atoms with van der Waals surface area (Å²) < 4.78 is 15.6. The Balaban J connectivity index is 1.97. The van der Waals surface area contributed by atoms with E-state index in [1.54, 1.807) is 21.3 Å². The lowest BCUT2D eigenvalue weighted by Gasteiger charge is -2.13. The molecule has 0 radical (unpaired) electrons. The van der Waals surface area contributed by atoms with Gasteiger partial charge in [-0.05, 0) is 36.4 Å². The molecule has 2 rings (SSSR count). The lowest BCUT2D eigenvalue weighted by molar-refractivity contribution is 0.199. The molecular weight excluding hydrogens is 278 g/mol. The zero-order chi connectivity index (χ0) is 14.5. The summed E-state index contributed by atoms with van der Waals surface area (Å²) in [6, 6.07) is 3.97. The van der Waals surface area contributed by atoms with Crippen LogP contribution in [-0.2, 0) is 4.74 Å². The minimum Gasteiger partial charge on any atom is -0.493 e. The second-order valence-electron chi connectivity index (χ2n) is 5.00. The van der Waals surface area contributed by atoms with Gasteiger partial charge in [0.15, 0.2) is 11.5 Å². The zero-order valence-corrected chi connectivity index (χ0v) is 13.0. The molecule has 0 spiro atoms. The van der Waals surface area contributed by atoms with Gasteiger partial charge in [0.25, 0.3) is 0 Å². The van der Waals surface area contributed by atoms with Crippen molar-refractivity contribution in [3.8, 4) is 11.5 Å². The highest BCUT2D eigenvalue weighted by Gasteiger charge is 2.39. The monoisotopic (exact) mass is 299 g/mol. The van der Waals surface area contributed by atoms with Crippen LogP contribution in [0.2, 0.25) is 5.02 Å². The van der Waals surface area contributed by atoms with Crippen molar-refractivity contribution in [2.45, 2.75) is 12.3 Å². The normalized spacial score (nSPS) is 20.8. The number of hydrogen-bond acceptors (Lipinski definition) is 4. The third kappa shape index (κ3) is 3.37. The smallest absolute Gasteiger partial charge is 0.179 e. The summed E-state index contributed by atoms with van der Waals surface area (Å²) in [5.74, 6) is 2.46. The van der Waals surface area contributed by atoms with Crippen LogP contribution in [0.4, 0.5) is 0 Å². The molecule has 1 saturated carbocycles. The highest BCUT2D eigenvalue weighted by atomic mass is 35.5. The first-order valence-electron chi connectivity index (χ1n) is 6.83. The van der Waals surface area contributed by atoms with Crippen molar-refractivity contribution in [1.29, 1.82) is 0 Å². The van der Waals surface area contributed by atoms with Gasteiger partial charge in [-0.1, -0.05) is 17.7 Å². The van der Waals surface area contributed by atoms with Crippen molar-refractivity contribution in [1.82, 2.24) is 5.32 Å². The van der Waals surface area contributed by atoms with E-state index in [1.165, 1.54) is 0 Å². The van der Waals surface area contributed by atoms with E-state index >= 15 is 0 Å². The summed E-state index contributed by atoms with van der Waals surface area (Å²) in [6.07, 6.45) is 1.16. The Labute approximate surface area is 125 Å². The van der Waals surface area contributed by atoms with Crippen LogP contribution in [0.1, 0.15) is 17.9 Å². The molecule has 112 valence electrons. The van der Waals surface area contributed by atoms with E-state index in [9.17, 15) is 0 Å². The highest BCUT2D eigenvalue weighted by Crippen LogP contribution is 2.52. The fraction of sp³-hybridized carbons (Fsp3) is 0.600. The number of benzene rings is 1. The predicted molar refractivity (Wildman–Crippen MR) is 80.1 cm³/mol. The first-order valence-corrected chi connectivity index (χ1v) is 7.20. The average molecular weight is 300 g/mol. The SMILES string of the molecule is COCCNCC1CC1c1ccc(OC)c(OC)c1Cl. The molecule has 0 aromatic heterocycles. The van der Waals surface area contributed by atoms with E-state index in [0.717, 1.165) is 31.7 Å². The van der Waals surface area contributed by atoms with Crippen LogP contribution in [0.5, 0.6) is 11.5 Å². The maximum Gasteiger partial charge on any atom is 0.179 e. The summed E-state index contributed by atoms with van der Waals surface area (Å²) in [6.45, 7) is 2.63. The van der Waals surface area contributed by atoms with Crippen molar-refractivity contribution in [2.24, 2.45) is 5.92 Å². The van der Waals surface area contributed by atoms with E-state index in [4.69, 9.17) is 25.8 Å². The molecule has 5 heteroatoms. The van der Waals surface area contributed by atoms with Crippen molar-refractivity contribution in [3.63, 3.8) is 0 Å². The molecule has 4 nitrogen and oxygen atoms in total. The minimum absolute atomic E-state index is 0.511. The van der Waals surface area contributed by atoms with E-state index in [0.29, 0.717) is 28.4 Å². The number of methoxy groups -OCH3 is 3. The molecule has 1 aromatic rings. The van der Waals surface area contributed by atoms with Gasteiger partial charge in [-0.3, -0.25) is 0 Å². The van der Waals surface area contributed by atoms with Gasteiger partial charge < -0.3 is 19.5 Å². The second-order valence-corrected chi connectivity index (χ2v) is 5.38. The van der Waals surface area contributed by atoms with E-state index in [-0.39, 0.29) is 0 Å². The van der Waals surface area contributed by atoms with Crippen LogP contribution in [0.15, 0.2) is 12.1 Å². The Morgan fingerprint density at radius 1 is 1.25 bits per heavy atom. The predicted octanol–water partition coefficient (Wildman–Crippen LogP) is 2.70. The number of hydrogen-bond donors (Lipinski definition) is 1. The lowest BCUT2D eigenvalue weighted by Crippen LogP contribution is -2.21. The lowest BCUT2D eigenvalue weighted by atomic mass is 10.1. The van der Waals surface area contributed by atoms with Gasteiger partial charge in [0.05, 0.1) is 25.8 Å². The fourth-order valence-electron chi connectivity index (χ4n) is 2.51. The quantitative estimate of drug-likeness (QED) is 0.749. The number of nitrogens with one attached hydrogen (secondary N) is 1. The fourth-order valence-corrected chi connectivity index (χ4v) is 2.88. The van der Waals surface area contributed by atoms with Gasteiger partial charge in [0, 0.05) is 13.7 Å². The largest absolute Gasteiger partial charge is 0.493 e. The maximum atomic E-state index is 6.43. The van der Waals surface area contributed by atoms with Crippen LogP contribution in [0, 0.1) is 5.92 Å². The van der Waals surface area contributed by atoms with Gasteiger partial charge >= 0.3 is 0 Å². The molecule has 1 N–H and O–H groups in total. The van der Waals surface area contributed by atoms with Crippen LogP contribution in [0.25, 0.3) is 0 Å². The van der Waals surface area contributed by atoms with Gasteiger partial charge in [-0.15, -0.1) is 0 Å². The number of rotatable bonds is 8. The van der Waals surface area contributed by atoms with Crippen LogP contribution >= 0.6 is 11.6 Å². The van der Waals surface area contributed by atoms with Crippen LogP contribution in [0.3, 0.4) is 0 Å². The summed E-state index contributed by atoms with van der Waals surface area (Å²) >= 11 is 6.43. The molecule has 0 amide bonds. The Hall–Kier alpha value is -0.970. The summed E-state index contributed by atoms with van der Waals surface area (Å²) in [5, 5.41) is 4.07. The molecule has 1 aromatic carbocycles. The second kappa shape index (κ2) is 7.16. The van der Waals surface area contributed by atoms with Gasteiger partial charge in [-0.2, -0.15) is 0 Å². The van der Waals surface area contributed by atoms with Gasteiger partial charge in [-0.25, -0.2) is 0 Å². The van der Waals surface area contributed by atoms with E-state index < -0.39 is 0 Å². The van der Waals surface area contributed by atoms with Crippen LogP contribution < -0.4 is 14.8 Å². The number of halogens is 1. The third-order valence-electron chi connectivity index (χ3n) is 3.73. The summed E-state index contributed by atoms with van der Waals surface area (Å²) in [7, 11) is 4.95. The van der Waals surface area contributed by atoms with Crippen molar-refractivity contribution >= 4 is 11.6 Å². The Morgan fingerprint density at radius 2 is 2.05 bits per heavy atom. The molecule has 1 aliphatic rings. The molecule has 0 heterocycles. The molecule has 2 unspecified atom stereocenters. The minimum atomic E-state index is 0.511. The molecule has 0 aliphatic heterocycles. The van der Waals surface area contributed by atoms with Gasteiger partial charge in [0.1, 0.15) is 0 Å². The third-order valence-corrected chi connectivity index (χ3v) is 4.12. The van der Waals surface area contributed by atoms with Crippen molar-refractivity contribution in [2.75, 3.05) is 41.0 Å². The molecular formula is C15H22ClNO3. The summed E-state index contributed by atoms with van der Waals surface area (Å²) in [4.78, 5) is 0. The summed E-state index contributed by atoms with van der Waals surface area (Å²) in [5.41, 5.74) is 1.16. The Morgan fingerprint density at radius 3 is 2.70 bits per heavy atom. The first kappa shape index (κ1) is 15.4. The van der Waals surface area contributed by atoms with E-state index in [2.05, 4.69) is 5.32 Å². The molecule has 1 aliphatic carbocycles. The molecule has 1 fully saturated rings. The van der Waals surface area contributed by atoms with Crippen molar-refractivity contribution < 1.29 is 14.2 Å². The van der Waals surface area contributed by atoms with E-state index in [1.807, 2.05) is 12.1 Å². The first-order chi connectivity index (χ1) is 9.72. The topological polar surface area (TPSA) is 39.7 Å². The molecule has 2 atom stereocenters. The molecule has 0 saturated heterocycles. The van der Waals surface area contributed by atoms with Crippen molar-refractivity contribution in [3.05, 3.63) is 22.7 Å². The zero-order valence-electron chi connectivity index (χ0n) is 12.2. The maximum absolute atomic E-state index is 6.43. The standard InChI is InChI=1S/C15H22ClNO3/c1-18-7-6-17-9-10-8-12(10)11-4-5-13(19-2)15(20-3)14(11)16/h4-5,10,12,17H,6-9H2,1-3H3. The highest BCUT2D eigenvalue weighted by molar-refractivity contribution is 6.33. The van der Waals surface area contributed by atoms with Crippen LogP contribution in [-0.4, -0.2) is 41.0 Å². The Bertz CT molecular complexity index is 453. The average Bonchev–Trinajstić information content (AvgIpc) is 3.22. The molecule has 20 heavy (non-hydrogen) atoms. The Kier molecular flexibility index (Phi) is 5.52. The molecule has 0 bridgehead atoms. The number of ether oxygens (including phenoxy) is 3.